The van der Waals surface area contributed by atoms with Crippen LogP contribution in [0.15, 0.2) is 60.7 Å². The largest absolute Gasteiger partial charge is 0.350 e. The lowest BCUT2D eigenvalue weighted by Gasteiger charge is -2.31. The summed E-state index contributed by atoms with van der Waals surface area (Å²) in [6.07, 6.45) is 12.8. The first-order chi connectivity index (χ1) is 19.5. The van der Waals surface area contributed by atoms with Crippen molar-refractivity contribution in [3.63, 3.8) is 0 Å². The van der Waals surface area contributed by atoms with Gasteiger partial charge in [-0.1, -0.05) is 132 Å². The fraction of sp³-hybridized carbons (Fsp3) is 0.588. The molecule has 1 aliphatic heterocycles. The summed E-state index contributed by atoms with van der Waals surface area (Å²) in [6.45, 7) is 3.00. The van der Waals surface area contributed by atoms with E-state index in [0.717, 1.165) is 30.4 Å². The van der Waals surface area contributed by atoms with Gasteiger partial charge in [0.05, 0.1) is 0 Å². The van der Waals surface area contributed by atoms with Gasteiger partial charge in [-0.25, -0.2) is 0 Å². The highest BCUT2D eigenvalue weighted by molar-refractivity contribution is 5.91. The Morgan fingerprint density at radius 2 is 1.10 bits per heavy atom. The second-order valence-corrected chi connectivity index (χ2v) is 11.8. The van der Waals surface area contributed by atoms with Gasteiger partial charge in [0.25, 0.3) is 11.8 Å². The Balaban J connectivity index is 1.49. The summed E-state index contributed by atoms with van der Waals surface area (Å²) < 4.78 is 13.2. The SMILES string of the molecule is C[C@@H]1CCCCCCCCCCCCC2(C1)O[C@H](C(=O)NCc1ccccc1)[C@@H](C(=O)NCc1ccccc1)O2. The molecule has 218 valence electrons. The number of hydrogen-bond acceptors (Lipinski definition) is 4. The van der Waals surface area contributed by atoms with Crippen LogP contribution in [0.1, 0.15) is 102 Å². The zero-order chi connectivity index (χ0) is 28.0. The molecule has 4 rings (SSSR count). The van der Waals surface area contributed by atoms with E-state index in [1.165, 1.54) is 51.4 Å². The average molecular weight is 549 g/mol. The Morgan fingerprint density at radius 3 is 1.57 bits per heavy atom. The summed E-state index contributed by atoms with van der Waals surface area (Å²) in [7, 11) is 0. The molecule has 1 heterocycles. The minimum Gasteiger partial charge on any atom is -0.350 e. The number of carbonyl (C=O) groups excluding carboxylic acids is 2. The highest BCUT2D eigenvalue weighted by Gasteiger charge is 2.53. The minimum atomic E-state index is -0.992. The third-order valence-corrected chi connectivity index (χ3v) is 8.26. The maximum atomic E-state index is 13.5. The second-order valence-electron chi connectivity index (χ2n) is 11.8. The molecular formula is C34H48N2O4. The average Bonchev–Trinajstić information content (AvgIpc) is 3.35. The molecule has 2 aromatic rings. The van der Waals surface area contributed by atoms with Gasteiger partial charge in [0.1, 0.15) is 0 Å². The van der Waals surface area contributed by atoms with Crippen molar-refractivity contribution >= 4 is 11.8 Å². The quantitative estimate of drug-likeness (QED) is 0.415. The van der Waals surface area contributed by atoms with E-state index in [1.54, 1.807) is 0 Å². The number of hydrogen-bond donors (Lipinski definition) is 2. The van der Waals surface area contributed by atoms with Crippen molar-refractivity contribution in [1.82, 2.24) is 10.6 Å². The van der Waals surface area contributed by atoms with Gasteiger partial charge in [0, 0.05) is 25.9 Å². The molecule has 1 spiro atoms. The van der Waals surface area contributed by atoms with Gasteiger partial charge in [-0.3, -0.25) is 9.59 Å². The lowest BCUT2D eigenvalue weighted by atomic mass is 9.92. The predicted molar refractivity (Wildman–Crippen MR) is 158 cm³/mol. The highest BCUT2D eigenvalue weighted by atomic mass is 16.8. The predicted octanol–water partition coefficient (Wildman–Crippen LogP) is 6.82. The first kappa shape index (κ1) is 30.3. The number of rotatable bonds is 6. The van der Waals surface area contributed by atoms with Gasteiger partial charge in [-0.15, -0.1) is 0 Å². The third kappa shape index (κ3) is 9.45. The van der Waals surface area contributed by atoms with E-state index < -0.39 is 18.0 Å². The molecule has 2 aliphatic rings. The van der Waals surface area contributed by atoms with Crippen molar-refractivity contribution in [3.05, 3.63) is 71.8 Å². The molecule has 2 N–H and O–H groups in total. The molecule has 6 nitrogen and oxygen atoms in total. The van der Waals surface area contributed by atoms with Crippen molar-refractivity contribution in [2.24, 2.45) is 5.92 Å². The zero-order valence-electron chi connectivity index (χ0n) is 24.2. The topological polar surface area (TPSA) is 76.7 Å². The van der Waals surface area contributed by atoms with E-state index >= 15 is 0 Å². The molecule has 6 heteroatoms. The molecule has 40 heavy (non-hydrogen) atoms. The standard InChI is InChI=1S/C34H48N2O4/c1-27-18-12-8-6-4-2-3-5-7-9-17-23-34(24-27)39-30(32(37)35-25-28-19-13-10-14-20-28)31(40-34)33(38)36-26-29-21-15-11-16-22-29/h10-11,13-16,19-22,27,30-31H,2-9,12,17-18,23-26H2,1H3,(H,35,37)(H,36,38)/t27-,30+,31+/m1/s1. The molecule has 2 aromatic carbocycles. The van der Waals surface area contributed by atoms with E-state index in [1.807, 2.05) is 60.7 Å². The van der Waals surface area contributed by atoms with E-state index in [2.05, 4.69) is 17.6 Å². The van der Waals surface area contributed by atoms with Crippen LogP contribution in [0.2, 0.25) is 0 Å². The Labute approximate surface area is 240 Å². The van der Waals surface area contributed by atoms with Crippen LogP contribution in [-0.2, 0) is 32.2 Å². The van der Waals surface area contributed by atoms with Crippen LogP contribution >= 0.6 is 0 Å². The van der Waals surface area contributed by atoms with Crippen LogP contribution in [0.5, 0.6) is 0 Å². The number of carbonyl (C=O) groups is 2. The fourth-order valence-electron chi connectivity index (χ4n) is 6.02. The Bertz CT molecular complexity index is 965. The van der Waals surface area contributed by atoms with Crippen molar-refractivity contribution in [1.29, 1.82) is 0 Å². The molecule has 2 fully saturated rings. The molecule has 0 unspecified atom stereocenters. The van der Waals surface area contributed by atoms with Crippen LogP contribution in [0.4, 0.5) is 0 Å². The van der Waals surface area contributed by atoms with Crippen molar-refractivity contribution < 1.29 is 19.1 Å². The summed E-state index contributed by atoms with van der Waals surface area (Å²) in [5.74, 6) is -1.15. The fourth-order valence-corrected chi connectivity index (χ4v) is 6.02. The normalized spacial score (nSPS) is 24.5. The summed E-state index contributed by atoms with van der Waals surface area (Å²) in [5, 5.41) is 6.00. The smallest absolute Gasteiger partial charge is 0.252 e. The highest BCUT2D eigenvalue weighted by Crippen LogP contribution is 2.40. The number of ether oxygens (including phenoxy) is 2. The number of amides is 2. The Hall–Kier alpha value is -2.70. The number of benzene rings is 2. The maximum absolute atomic E-state index is 13.5. The zero-order valence-corrected chi connectivity index (χ0v) is 24.2. The van der Waals surface area contributed by atoms with Crippen molar-refractivity contribution in [3.8, 4) is 0 Å². The second kappa shape index (κ2) is 15.9. The van der Waals surface area contributed by atoms with Crippen LogP contribution < -0.4 is 10.6 Å². The molecule has 0 aromatic heterocycles. The number of nitrogens with one attached hydrogen (secondary N) is 2. The molecule has 1 saturated heterocycles. The summed E-state index contributed by atoms with van der Waals surface area (Å²) in [5.41, 5.74) is 1.99. The van der Waals surface area contributed by atoms with Gasteiger partial charge < -0.3 is 20.1 Å². The molecule has 0 bridgehead atoms. The molecule has 1 saturated carbocycles. The van der Waals surface area contributed by atoms with Gasteiger partial charge in [0.15, 0.2) is 18.0 Å². The first-order valence-corrected chi connectivity index (χ1v) is 15.5. The molecule has 1 aliphatic carbocycles. The maximum Gasteiger partial charge on any atom is 0.252 e. The molecule has 2 amide bonds. The lowest BCUT2D eigenvalue weighted by Crippen LogP contribution is -2.47. The Kier molecular flexibility index (Phi) is 12.0. The van der Waals surface area contributed by atoms with Gasteiger partial charge in [0.2, 0.25) is 0 Å². The summed E-state index contributed by atoms with van der Waals surface area (Å²) >= 11 is 0. The van der Waals surface area contributed by atoms with E-state index in [9.17, 15) is 9.59 Å². The van der Waals surface area contributed by atoms with Gasteiger partial charge in [-0.2, -0.15) is 0 Å². The van der Waals surface area contributed by atoms with Crippen molar-refractivity contribution in [2.75, 3.05) is 0 Å². The van der Waals surface area contributed by atoms with Crippen LogP contribution in [-0.4, -0.2) is 29.8 Å². The van der Waals surface area contributed by atoms with E-state index in [4.69, 9.17) is 9.47 Å². The van der Waals surface area contributed by atoms with Gasteiger partial charge >= 0.3 is 0 Å². The molecular weight excluding hydrogens is 500 g/mol. The van der Waals surface area contributed by atoms with Crippen molar-refractivity contribution in [2.45, 2.75) is 121 Å². The van der Waals surface area contributed by atoms with E-state index in [-0.39, 0.29) is 11.8 Å². The molecule has 0 radical (unpaired) electrons. The third-order valence-electron chi connectivity index (χ3n) is 8.26. The lowest BCUT2D eigenvalue weighted by molar-refractivity contribution is -0.195. The van der Waals surface area contributed by atoms with Crippen LogP contribution in [0.3, 0.4) is 0 Å². The molecule has 3 atom stereocenters. The summed E-state index contributed by atoms with van der Waals surface area (Å²) in [6, 6.07) is 19.6. The van der Waals surface area contributed by atoms with Gasteiger partial charge in [-0.05, 0) is 23.5 Å². The Morgan fingerprint density at radius 1 is 0.675 bits per heavy atom. The van der Waals surface area contributed by atoms with Crippen LogP contribution in [0, 0.1) is 5.92 Å². The minimum absolute atomic E-state index is 0.302. The van der Waals surface area contributed by atoms with Crippen LogP contribution in [0.25, 0.3) is 0 Å². The monoisotopic (exact) mass is 548 g/mol. The summed E-state index contributed by atoms with van der Waals surface area (Å²) in [4.78, 5) is 27.0. The van der Waals surface area contributed by atoms with E-state index in [0.29, 0.717) is 31.8 Å². The first-order valence-electron chi connectivity index (χ1n) is 15.5.